The van der Waals surface area contributed by atoms with E-state index < -0.39 is 0 Å². The summed E-state index contributed by atoms with van der Waals surface area (Å²) in [7, 11) is 1.94. The number of likely N-dealkylation sites (N-methyl/N-ethyl adjacent to an activating group) is 1. The molecule has 0 aliphatic carbocycles. The van der Waals surface area contributed by atoms with Crippen molar-refractivity contribution < 1.29 is 4.42 Å². The molecule has 0 unspecified atom stereocenters. The molecule has 0 aliphatic rings. The number of aryl methyl sites for hydroxylation is 1. The fourth-order valence-electron chi connectivity index (χ4n) is 1.56. The molecule has 6 heteroatoms. The molecule has 3 N–H and O–H groups in total. The minimum Gasteiger partial charge on any atom is -0.446 e. The van der Waals surface area contributed by atoms with Crippen LogP contribution in [0.15, 0.2) is 28.9 Å². The number of anilines is 3. The standard InChI is InChI=1S/C12H17N5O/c1-9-3-4-12(18-9)16-10-7-11(15-8-14-10)17(2)6-5-13/h3-4,7-8H,5-6,13H2,1-2H3,(H,14,15,16). The van der Waals surface area contributed by atoms with E-state index in [-0.39, 0.29) is 0 Å². The second-order valence-corrected chi connectivity index (χ2v) is 4.01. The van der Waals surface area contributed by atoms with Crippen molar-refractivity contribution in [2.24, 2.45) is 5.73 Å². The van der Waals surface area contributed by atoms with E-state index in [9.17, 15) is 0 Å². The summed E-state index contributed by atoms with van der Waals surface area (Å²) in [5.74, 6) is 3.03. The number of furan rings is 1. The predicted octanol–water partition coefficient (Wildman–Crippen LogP) is 1.52. The first-order valence-electron chi connectivity index (χ1n) is 5.76. The van der Waals surface area contributed by atoms with Crippen molar-refractivity contribution in [2.75, 3.05) is 30.4 Å². The van der Waals surface area contributed by atoms with Gasteiger partial charge in [0.1, 0.15) is 23.7 Å². The lowest BCUT2D eigenvalue weighted by Gasteiger charge is -2.17. The molecule has 2 rings (SSSR count). The van der Waals surface area contributed by atoms with Crippen molar-refractivity contribution in [3.05, 3.63) is 30.3 Å². The highest BCUT2D eigenvalue weighted by molar-refractivity contribution is 5.55. The van der Waals surface area contributed by atoms with Gasteiger partial charge < -0.3 is 20.4 Å². The van der Waals surface area contributed by atoms with Crippen molar-refractivity contribution in [1.82, 2.24) is 9.97 Å². The first-order chi connectivity index (χ1) is 8.69. The molecular weight excluding hydrogens is 230 g/mol. The van der Waals surface area contributed by atoms with Crippen LogP contribution in [0.2, 0.25) is 0 Å². The number of nitrogens with zero attached hydrogens (tertiary/aromatic N) is 3. The van der Waals surface area contributed by atoms with Crippen LogP contribution in [-0.4, -0.2) is 30.1 Å². The maximum Gasteiger partial charge on any atom is 0.198 e. The van der Waals surface area contributed by atoms with Crippen LogP contribution in [0.5, 0.6) is 0 Å². The largest absolute Gasteiger partial charge is 0.446 e. The highest BCUT2D eigenvalue weighted by atomic mass is 16.4. The van der Waals surface area contributed by atoms with Crippen LogP contribution in [0.4, 0.5) is 17.5 Å². The summed E-state index contributed by atoms with van der Waals surface area (Å²) in [5, 5.41) is 3.09. The molecular formula is C12H17N5O. The number of hydrogen-bond acceptors (Lipinski definition) is 6. The molecule has 0 spiro atoms. The zero-order valence-corrected chi connectivity index (χ0v) is 10.6. The average Bonchev–Trinajstić information content (AvgIpc) is 2.75. The van der Waals surface area contributed by atoms with Crippen molar-refractivity contribution in [3.63, 3.8) is 0 Å². The zero-order valence-electron chi connectivity index (χ0n) is 10.6. The SMILES string of the molecule is Cc1ccc(Nc2cc(N(C)CCN)ncn2)o1. The zero-order chi connectivity index (χ0) is 13.0. The molecule has 0 radical (unpaired) electrons. The third-order valence-corrected chi connectivity index (χ3v) is 2.50. The summed E-state index contributed by atoms with van der Waals surface area (Å²) in [4.78, 5) is 10.3. The van der Waals surface area contributed by atoms with Crippen molar-refractivity contribution in [2.45, 2.75) is 6.92 Å². The smallest absolute Gasteiger partial charge is 0.198 e. The molecule has 0 aliphatic heterocycles. The molecule has 0 amide bonds. The molecule has 6 nitrogen and oxygen atoms in total. The van der Waals surface area contributed by atoms with Gasteiger partial charge in [0, 0.05) is 32.3 Å². The molecule has 18 heavy (non-hydrogen) atoms. The number of hydrogen-bond donors (Lipinski definition) is 2. The van der Waals surface area contributed by atoms with Gasteiger partial charge in [0.15, 0.2) is 5.88 Å². The molecule has 2 aromatic rings. The first kappa shape index (κ1) is 12.4. The van der Waals surface area contributed by atoms with Gasteiger partial charge in [-0.3, -0.25) is 0 Å². The van der Waals surface area contributed by atoms with E-state index in [1.54, 1.807) is 0 Å². The van der Waals surface area contributed by atoms with E-state index in [1.807, 2.05) is 37.1 Å². The van der Waals surface area contributed by atoms with Crippen LogP contribution in [0, 0.1) is 6.92 Å². The van der Waals surface area contributed by atoms with Crippen molar-refractivity contribution >= 4 is 17.5 Å². The first-order valence-corrected chi connectivity index (χ1v) is 5.76. The van der Waals surface area contributed by atoms with E-state index in [1.165, 1.54) is 6.33 Å². The van der Waals surface area contributed by atoms with Gasteiger partial charge in [-0.25, -0.2) is 9.97 Å². The fourth-order valence-corrected chi connectivity index (χ4v) is 1.56. The Balaban J connectivity index is 2.12. The molecule has 0 saturated carbocycles. The minimum atomic E-state index is 0.584. The Morgan fingerprint density at radius 1 is 1.39 bits per heavy atom. The van der Waals surface area contributed by atoms with Gasteiger partial charge in [-0.05, 0) is 13.0 Å². The lowest BCUT2D eigenvalue weighted by atomic mass is 10.4. The van der Waals surface area contributed by atoms with Crippen LogP contribution in [0.1, 0.15) is 5.76 Å². The lowest BCUT2D eigenvalue weighted by molar-refractivity contribution is 0.551. The average molecular weight is 247 g/mol. The van der Waals surface area contributed by atoms with Crippen LogP contribution >= 0.6 is 0 Å². The Kier molecular flexibility index (Phi) is 3.78. The Morgan fingerprint density at radius 2 is 2.22 bits per heavy atom. The Hall–Kier alpha value is -2.08. The Morgan fingerprint density at radius 3 is 2.89 bits per heavy atom. The summed E-state index contributed by atoms with van der Waals surface area (Å²) in [6.07, 6.45) is 1.51. The molecule has 96 valence electrons. The predicted molar refractivity (Wildman–Crippen MR) is 71.1 cm³/mol. The second-order valence-electron chi connectivity index (χ2n) is 4.01. The Labute approximate surface area is 106 Å². The van der Waals surface area contributed by atoms with Gasteiger partial charge >= 0.3 is 0 Å². The topological polar surface area (TPSA) is 80.2 Å². The van der Waals surface area contributed by atoms with Crippen LogP contribution in [0.25, 0.3) is 0 Å². The van der Waals surface area contributed by atoms with E-state index in [0.29, 0.717) is 18.2 Å². The summed E-state index contributed by atoms with van der Waals surface area (Å²) in [5.41, 5.74) is 5.52. The number of nitrogens with one attached hydrogen (secondary N) is 1. The van der Waals surface area contributed by atoms with Crippen LogP contribution in [0.3, 0.4) is 0 Å². The number of nitrogens with two attached hydrogens (primary N) is 1. The third kappa shape index (κ3) is 2.98. The quantitative estimate of drug-likeness (QED) is 0.833. The van der Waals surface area contributed by atoms with Gasteiger partial charge in [-0.1, -0.05) is 0 Å². The second kappa shape index (κ2) is 5.50. The van der Waals surface area contributed by atoms with E-state index >= 15 is 0 Å². The van der Waals surface area contributed by atoms with Crippen molar-refractivity contribution in [3.8, 4) is 0 Å². The van der Waals surface area contributed by atoms with Crippen LogP contribution < -0.4 is 16.0 Å². The molecule has 2 heterocycles. The maximum atomic E-state index is 5.52. The fraction of sp³-hybridized carbons (Fsp3) is 0.333. The molecule has 0 aromatic carbocycles. The molecule has 2 aromatic heterocycles. The molecule has 0 fully saturated rings. The van der Waals surface area contributed by atoms with E-state index in [2.05, 4.69) is 15.3 Å². The number of aromatic nitrogens is 2. The normalized spacial score (nSPS) is 10.4. The Bertz CT molecular complexity index is 511. The van der Waals surface area contributed by atoms with Gasteiger partial charge in [0.2, 0.25) is 0 Å². The van der Waals surface area contributed by atoms with Gasteiger partial charge in [-0.2, -0.15) is 0 Å². The maximum absolute atomic E-state index is 5.52. The summed E-state index contributed by atoms with van der Waals surface area (Å²) in [6, 6.07) is 5.61. The highest BCUT2D eigenvalue weighted by Gasteiger charge is 2.05. The van der Waals surface area contributed by atoms with Gasteiger partial charge in [-0.15, -0.1) is 0 Å². The highest BCUT2D eigenvalue weighted by Crippen LogP contribution is 2.19. The molecule has 0 saturated heterocycles. The van der Waals surface area contributed by atoms with E-state index in [4.69, 9.17) is 10.2 Å². The monoisotopic (exact) mass is 247 g/mol. The number of rotatable bonds is 5. The van der Waals surface area contributed by atoms with Crippen LogP contribution in [-0.2, 0) is 0 Å². The van der Waals surface area contributed by atoms with Gasteiger partial charge in [0.25, 0.3) is 0 Å². The van der Waals surface area contributed by atoms with Gasteiger partial charge in [0.05, 0.1) is 0 Å². The van der Waals surface area contributed by atoms with Crippen molar-refractivity contribution in [1.29, 1.82) is 0 Å². The lowest BCUT2D eigenvalue weighted by Crippen LogP contribution is -2.25. The minimum absolute atomic E-state index is 0.584. The van der Waals surface area contributed by atoms with E-state index in [0.717, 1.165) is 18.1 Å². The third-order valence-electron chi connectivity index (χ3n) is 2.50. The summed E-state index contributed by atoms with van der Waals surface area (Å²) < 4.78 is 5.43. The summed E-state index contributed by atoms with van der Waals surface area (Å²) >= 11 is 0. The summed E-state index contributed by atoms with van der Waals surface area (Å²) in [6.45, 7) is 3.22. The molecule has 0 bridgehead atoms. The molecule has 0 atom stereocenters.